The molecule has 0 N–H and O–H groups in total. The van der Waals surface area contributed by atoms with E-state index in [9.17, 15) is 5.26 Å². The van der Waals surface area contributed by atoms with Crippen LogP contribution in [0.15, 0.2) is 206 Å². The molecule has 0 aliphatic carbocycles. The topological polar surface area (TPSA) is 43.5 Å². The van der Waals surface area contributed by atoms with Gasteiger partial charge in [-0.05, 0) is 101 Å². The summed E-state index contributed by atoms with van der Waals surface area (Å²) in [5.74, 6) is 0. The van der Waals surface area contributed by atoms with E-state index in [1.165, 1.54) is 155 Å². The van der Waals surface area contributed by atoms with E-state index in [1.54, 1.807) is 0 Å². The Labute approximate surface area is 642 Å². The number of thiophene rings is 2. The Kier molecular flexibility index (Phi) is 14.6. The maximum Gasteiger partial charge on any atom is 0.139 e. The van der Waals surface area contributed by atoms with Gasteiger partial charge in [-0.25, -0.2) is 0 Å². The van der Waals surface area contributed by atoms with E-state index in [4.69, 9.17) is 0 Å². The summed E-state index contributed by atoms with van der Waals surface area (Å²) in [5, 5.41) is 27.9. The van der Waals surface area contributed by atoms with Crippen LogP contribution in [0.25, 0.3) is 184 Å². The van der Waals surface area contributed by atoms with E-state index in [1.807, 2.05) is 22.7 Å². The lowest BCUT2D eigenvalue weighted by Gasteiger charge is -2.31. The van der Waals surface area contributed by atoms with Crippen molar-refractivity contribution in [1.82, 2.24) is 18.3 Å². The lowest BCUT2D eigenvalue weighted by molar-refractivity contribution is 1.04. The van der Waals surface area contributed by atoms with Crippen LogP contribution in [0.4, 0.5) is 0 Å². The molecule has 20 rings (SSSR count). The molecular formula is C85H64B15N5S2. The molecule has 0 saturated carbocycles. The zero-order valence-electron chi connectivity index (χ0n) is 63.2. The summed E-state index contributed by atoms with van der Waals surface area (Å²) in [6.07, 6.45) is 0. The van der Waals surface area contributed by atoms with Gasteiger partial charge in [0.1, 0.15) is 129 Å². The third-order valence-corrected chi connectivity index (χ3v) is 28.3. The van der Waals surface area contributed by atoms with Gasteiger partial charge in [-0.3, -0.25) is 0 Å². The molecule has 486 valence electrons. The quantitative estimate of drug-likeness (QED) is 0.164. The molecule has 0 aliphatic rings. The highest BCUT2D eigenvalue weighted by Crippen LogP contribution is 2.54. The average molecular weight is 1380 g/mol. The van der Waals surface area contributed by atoms with Crippen LogP contribution in [-0.4, -0.2) is 136 Å². The molecule has 0 radical (unpaired) electrons. The molecule has 6 aromatic heterocycles. The number of nitriles is 1. The van der Waals surface area contributed by atoms with Crippen molar-refractivity contribution in [2.24, 2.45) is 0 Å². The Balaban J connectivity index is 1.11. The molecule has 0 atom stereocenters. The largest absolute Gasteiger partial charge is 0.306 e. The van der Waals surface area contributed by atoms with E-state index in [0.717, 1.165) is 110 Å². The Morgan fingerprint density at radius 3 is 0.841 bits per heavy atom. The van der Waals surface area contributed by atoms with Gasteiger partial charge in [0.2, 0.25) is 0 Å². The number of fused-ring (bicyclic) bond motifs is 20. The summed E-state index contributed by atoms with van der Waals surface area (Å²) in [6.45, 7) is 0. The molecule has 14 aromatic carbocycles. The smallest absolute Gasteiger partial charge is 0.139 e. The molecule has 107 heavy (non-hydrogen) atoms. The van der Waals surface area contributed by atoms with Gasteiger partial charge in [-0.15, -0.1) is 71.8 Å². The maximum absolute atomic E-state index is 13.8. The number of rotatable bonds is 7. The predicted octanol–water partition coefficient (Wildman–Crippen LogP) is -2.44. The van der Waals surface area contributed by atoms with Gasteiger partial charge in [0.25, 0.3) is 0 Å². The molecule has 6 heterocycles. The molecule has 0 aliphatic heterocycles. The van der Waals surface area contributed by atoms with Crippen molar-refractivity contribution < 1.29 is 0 Å². The third kappa shape index (κ3) is 8.87. The summed E-state index contributed by atoms with van der Waals surface area (Å²) in [4.78, 5) is 0. The Hall–Kier alpha value is -10.8. The van der Waals surface area contributed by atoms with Gasteiger partial charge in [0.15, 0.2) is 0 Å². The van der Waals surface area contributed by atoms with Crippen molar-refractivity contribution >= 4 is 350 Å². The molecule has 5 nitrogen and oxygen atoms in total. The first-order valence-electron chi connectivity index (χ1n) is 37.5. The van der Waals surface area contributed by atoms with Crippen molar-refractivity contribution in [3.05, 3.63) is 212 Å². The second-order valence-corrected chi connectivity index (χ2v) is 32.6. The van der Waals surface area contributed by atoms with Crippen LogP contribution >= 0.6 is 22.7 Å². The summed E-state index contributed by atoms with van der Waals surface area (Å²) < 4.78 is 15.2. The number of hydrogen-bond donors (Lipinski definition) is 0. The molecule has 22 heteroatoms. The van der Waals surface area contributed by atoms with E-state index in [0.29, 0.717) is 5.56 Å². The minimum atomic E-state index is 0.547. The number of aromatic nitrogens is 4. The SMILES string of the molecule is Bc1c(B)c(B)c(-c2ccc3c(c2)c2c4sc5ccccc5c4ccc2n3-c2c(-c3c(B)c(B)c(B)c(B)c3B)c(-n3c4ccc(-c5c(B)c(B)c(B)c(B)c5B)cc4c4c5sc6ccccc6c5ccc43)c(-n3c4ccccc4c4ccccc43)c(C#N)c2-n2c3ccccc3c3ccccc32)c(B)c1B. The zero-order chi connectivity index (χ0) is 73.3. The van der Waals surface area contributed by atoms with Gasteiger partial charge in [-0.1, -0.05) is 166 Å². The summed E-state index contributed by atoms with van der Waals surface area (Å²) in [7, 11) is 34.8. The first-order valence-corrected chi connectivity index (χ1v) is 39.1. The minimum absolute atomic E-state index is 0.547. The minimum Gasteiger partial charge on any atom is -0.306 e. The molecule has 0 spiro atoms. The normalized spacial score (nSPS) is 12.1. The van der Waals surface area contributed by atoms with Gasteiger partial charge < -0.3 is 18.3 Å². The molecule has 20 aromatic rings. The van der Waals surface area contributed by atoms with Crippen molar-refractivity contribution in [1.29, 1.82) is 5.26 Å². The van der Waals surface area contributed by atoms with Crippen molar-refractivity contribution in [2.45, 2.75) is 0 Å². The molecule has 0 fully saturated rings. The summed E-state index contributed by atoms with van der Waals surface area (Å²) in [5.41, 5.74) is 38.7. The highest BCUT2D eigenvalue weighted by molar-refractivity contribution is 7.27. The Bertz CT molecular complexity index is 6960. The number of para-hydroxylation sites is 4. The fraction of sp³-hybridized carbons (Fsp3) is 0. The van der Waals surface area contributed by atoms with E-state index < -0.39 is 0 Å². The second kappa shape index (κ2) is 23.8. The van der Waals surface area contributed by atoms with Crippen LogP contribution < -0.4 is 81.9 Å². The number of hydrogen-bond acceptors (Lipinski definition) is 3. The van der Waals surface area contributed by atoms with E-state index in [2.05, 4.69) is 348 Å². The lowest BCUT2D eigenvalue weighted by atomic mass is 9.59. The van der Waals surface area contributed by atoms with Gasteiger partial charge >= 0.3 is 0 Å². The Morgan fingerprint density at radius 2 is 0.505 bits per heavy atom. The second-order valence-electron chi connectivity index (χ2n) is 30.5. The molecule has 0 saturated heterocycles. The number of benzene rings is 14. The first-order chi connectivity index (χ1) is 51.9. The van der Waals surface area contributed by atoms with Crippen molar-refractivity contribution in [2.75, 3.05) is 0 Å². The van der Waals surface area contributed by atoms with Crippen LogP contribution in [0.3, 0.4) is 0 Å². The summed E-state index contributed by atoms with van der Waals surface area (Å²) >= 11 is 3.78. The van der Waals surface area contributed by atoms with Crippen LogP contribution in [0.2, 0.25) is 0 Å². The maximum atomic E-state index is 13.8. The average Bonchev–Trinajstić information content (AvgIpc) is 1.56. The van der Waals surface area contributed by atoms with Crippen LogP contribution in [0, 0.1) is 11.3 Å². The summed E-state index contributed by atoms with van der Waals surface area (Å²) in [6, 6.07) is 81.1. The third-order valence-electron chi connectivity index (χ3n) is 25.9. The van der Waals surface area contributed by atoms with Crippen LogP contribution in [0.5, 0.6) is 0 Å². The predicted molar refractivity (Wildman–Crippen MR) is 513 cm³/mol. The lowest BCUT2D eigenvalue weighted by Crippen LogP contribution is -2.55. The standard InChI is InChI=1S/C85H64B15N5S2/c86-65-59(66(87)72(93)77(98)71(65)92)36-25-29-53-46(33-36)61-55(31-27-44-42-17-5-11-23-57(42)106-84(44)61)104(53)82-64(63-69(90)75(96)79(100)76(97)70(63)91)83(105-54-30-26-37(60-67(88)73(94)78(99)74(95)68(60)89)34-47(54)62-56(105)32-28-45-43-18-6-12-24-58(43)107-85(45)62)81(103-51-21-9-3-15-40(51)41-16-4-10-22-52(41)103)48(35-101)80(82)102-49-19-7-1-13-38(49)39-14-2-8-20-50(39)102/h1-34H,86-100H2. The molecular weight excluding hydrogens is 1320 g/mol. The van der Waals surface area contributed by atoms with Gasteiger partial charge in [-0.2, -0.15) is 5.26 Å². The van der Waals surface area contributed by atoms with E-state index in [-0.39, 0.29) is 0 Å². The van der Waals surface area contributed by atoms with Gasteiger partial charge in [0.05, 0.1) is 66.9 Å². The molecule has 0 amide bonds. The number of nitrogens with zero attached hydrogens (tertiary/aromatic N) is 5. The highest BCUT2D eigenvalue weighted by atomic mass is 32.1. The highest BCUT2D eigenvalue weighted by Gasteiger charge is 2.38. The molecule has 0 bridgehead atoms. The van der Waals surface area contributed by atoms with Crippen molar-refractivity contribution in [3.8, 4) is 62.2 Å². The zero-order valence-corrected chi connectivity index (χ0v) is 64.8. The monoisotopic (exact) mass is 1380 g/mol. The Morgan fingerprint density at radius 1 is 0.234 bits per heavy atom. The van der Waals surface area contributed by atoms with Crippen LogP contribution in [0.1, 0.15) is 5.56 Å². The van der Waals surface area contributed by atoms with Gasteiger partial charge in [0, 0.05) is 89.0 Å². The first kappa shape index (κ1) is 65.7. The molecule has 0 unspecified atom stereocenters. The fourth-order valence-corrected chi connectivity index (χ4v) is 21.9. The van der Waals surface area contributed by atoms with Crippen LogP contribution in [-0.2, 0) is 0 Å². The fourth-order valence-electron chi connectivity index (χ4n) is 19.3. The van der Waals surface area contributed by atoms with E-state index >= 15 is 0 Å². The van der Waals surface area contributed by atoms with Crippen molar-refractivity contribution in [3.63, 3.8) is 0 Å².